The first-order valence-corrected chi connectivity index (χ1v) is 7.48. The number of nitrogens with two attached hydrogens (primary N) is 1. The summed E-state index contributed by atoms with van der Waals surface area (Å²) in [6.45, 7) is 3.87. The van der Waals surface area contributed by atoms with Crippen molar-refractivity contribution in [2.24, 2.45) is 11.7 Å². The zero-order valence-corrected chi connectivity index (χ0v) is 12.3. The van der Waals surface area contributed by atoms with Gasteiger partial charge in [-0.25, -0.2) is 0 Å². The molecule has 0 spiro atoms. The predicted molar refractivity (Wildman–Crippen MR) is 80.8 cm³/mol. The van der Waals surface area contributed by atoms with E-state index in [0.29, 0.717) is 26.1 Å². The Hall–Kier alpha value is -1.88. The van der Waals surface area contributed by atoms with Crippen LogP contribution in [0.1, 0.15) is 18.4 Å². The minimum absolute atomic E-state index is 0.0532. The lowest BCUT2D eigenvalue weighted by molar-refractivity contribution is -0.139. The van der Waals surface area contributed by atoms with Gasteiger partial charge in [-0.05, 0) is 31.9 Å². The van der Waals surface area contributed by atoms with Crippen LogP contribution in [0.2, 0.25) is 0 Å². The van der Waals surface area contributed by atoms with Crippen molar-refractivity contribution in [2.45, 2.75) is 25.8 Å². The van der Waals surface area contributed by atoms with Crippen molar-refractivity contribution in [3.63, 3.8) is 0 Å². The van der Waals surface area contributed by atoms with Crippen LogP contribution in [0.5, 0.6) is 0 Å². The summed E-state index contributed by atoms with van der Waals surface area (Å²) in [6, 6.07) is 7.89. The zero-order valence-electron chi connectivity index (χ0n) is 12.3. The summed E-state index contributed by atoms with van der Waals surface area (Å²) in [4.78, 5) is 28.4. The van der Waals surface area contributed by atoms with E-state index < -0.39 is 5.92 Å². The second kappa shape index (κ2) is 5.48. The summed E-state index contributed by atoms with van der Waals surface area (Å²) in [7, 11) is 0. The molecule has 0 aromatic heterocycles. The van der Waals surface area contributed by atoms with Crippen molar-refractivity contribution >= 4 is 17.5 Å². The smallest absolute Gasteiger partial charge is 0.239 e. The van der Waals surface area contributed by atoms with Gasteiger partial charge in [0, 0.05) is 31.4 Å². The Labute approximate surface area is 124 Å². The van der Waals surface area contributed by atoms with Crippen LogP contribution in [0, 0.1) is 12.8 Å². The number of benzene rings is 1. The second-order valence-corrected chi connectivity index (χ2v) is 6.00. The summed E-state index contributed by atoms with van der Waals surface area (Å²) >= 11 is 0. The standard InChI is InChI=1S/C16H21N3O2/c1-11-2-4-13(5-3-11)19-9-7-14(16(19)21)15(20)18-8-6-12(17)10-18/h2-5,12,14H,6-10,17H2,1H3. The number of aryl methyl sites for hydroxylation is 1. The molecule has 5 nitrogen and oxygen atoms in total. The lowest BCUT2D eigenvalue weighted by Crippen LogP contribution is -2.40. The largest absolute Gasteiger partial charge is 0.340 e. The van der Waals surface area contributed by atoms with Gasteiger partial charge in [-0.3, -0.25) is 9.59 Å². The number of likely N-dealkylation sites (tertiary alicyclic amines) is 1. The van der Waals surface area contributed by atoms with Gasteiger partial charge < -0.3 is 15.5 Å². The minimum Gasteiger partial charge on any atom is -0.340 e. The molecule has 1 aromatic rings. The van der Waals surface area contributed by atoms with Crippen LogP contribution < -0.4 is 10.6 Å². The van der Waals surface area contributed by atoms with Gasteiger partial charge in [-0.1, -0.05) is 17.7 Å². The molecule has 2 N–H and O–H groups in total. The van der Waals surface area contributed by atoms with Crippen molar-refractivity contribution in [1.82, 2.24) is 4.90 Å². The van der Waals surface area contributed by atoms with Gasteiger partial charge in [0.25, 0.3) is 0 Å². The molecule has 112 valence electrons. The topological polar surface area (TPSA) is 66.6 Å². The van der Waals surface area contributed by atoms with Gasteiger partial charge in [-0.15, -0.1) is 0 Å². The fraction of sp³-hybridized carbons (Fsp3) is 0.500. The molecule has 3 rings (SSSR count). The first-order chi connectivity index (χ1) is 10.1. The molecule has 21 heavy (non-hydrogen) atoms. The van der Waals surface area contributed by atoms with Crippen LogP contribution in [0.4, 0.5) is 5.69 Å². The molecule has 2 aliphatic rings. The summed E-state index contributed by atoms with van der Waals surface area (Å²) in [5.74, 6) is -0.663. The van der Waals surface area contributed by atoms with Gasteiger partial charge >= 0.3 is 0 Å². The Morgan fingerprint density at radius 1 is 1.19 bits per heavy atom. The Kier molecular flexibility index (Phi) is 3.68. The quantitative estimate of drug-likeness (QED) is 0.822. The summed E-state index contributed by atoms with van der Waals surface area (Å²) in [6.07, 6.45) is 1.42. The van der Waals surface area contributed by atoms with Crippen molar-refractivity contribution in [3.8, 4) is 0 Å². The number of nitrogens with zero attached hydrogens (tertiary/aromatic N) is 2. The highest BCUT2D eigenvalue weighted by Gasteiger charge is 2.40. The van der Waals surface area contributed by atoms with E-state index in [4.69, 9.17) is 5.73 Å². The number of rotatable bonds is 2. The number of carbonyl (C=O) groups excluding carboxylic acids is 2. The average Bonchev–Trinajstić information content (AvgIpc) is 3.06. The first-order valence-electron chi connectivity index (χ1n) is 7.48. The Morgan fingerprint density at radius 3 is 2.52 bits per heavy atom. The lowest BCUT2D eigenvalue weighted by Gasteiger charge is -2.20. The van der Waals surface area contributed by atoms with E-state index in [2.05, 4.69) is 0 Å². The van der Waals surface area contributed by atoms with E-state index >= 15 is 0 Å². The van der Waals surface area contributed by atoms with Gasteiger partial charge in [0.1, 0.15) is 5.92 Å². The molecule has 2 unspecified atom stereocenters. The SMILES string of the molecule is Cc1ccc(N2CCC(C(=O)N3CCC(N)C3)C2=O)cc1. The molecular formula is C16H21N3O2. The molecule has 2 heterocycles. The molecular weight excluding hydrogens is 266 g/mol. The fourth-order valence-corrected chi connectivity index (χ4v) is 3.10. The Balaban J connectivity index is 1.71. The predicted octanol–water partition coefficient (Wildman–Crippen LogP) is 0.908. The van der Waals surface area contributed by atoms with Crippen molar-refractivity contribution in [3.05, 3.63) is 29.8 Å². The zero-order chi connectivity index (χ0) is 15.0. The third-order valence-corrected chi connectivity index (χ3v) is 4.39. The van der Waals surface area contributed by atoms with Crippen LogP contribution >= 0.6 is 0 Å². The van der Waals surface area contributed by atoms with E-state index in [1.54, 1.807) is 9.80 Å². The normalized spacial score (nSPS) is 25.7. The van der Waals surface area contributed by atoms with Gasteiger partial charge in [0.05, 0.1) is 0 Å². The number of amides is 2. The van der Waals surface area contributed by atoms with Gasteiger partial charge in [0.2, 0.25) is 11.8 Å². The monoisotopic (exact) mass is 287 g/mol. The van der Waals surface area contributed by atoms with Crippen molar-refractivity contribution in [2.75, 3.05) is 24.5 Å². The fourth-order valence-electron chi connectivity index (χ4n) is 3.10. The number of anilines is 1. The molecule has 5 heteroatoms. The maximum atomic E-state index is 12.5. The first kappa shape index (κ1) is 14.1. The summed E-state index contributed by atoms with van der Waals surface area (Å²) in [5, 5.41) is 0. The van der Waals surface area contributed by atoms with Crippen LogP contribution in [-0.4, -0.2) is 42.4 Å². The molecule has 2 amide bonds. The Bertz CT molecular complexity index is 555. The number of hydrogen-bond acceptors (Lipinski definition) is 3. The van der Waals surface area contributed by atoms with Crippen LogP contribution in [-0.2, 0) is 9.59 Å². The third-order valence-electron chi connectivity index (χ3n) is 4.39. The maximum Gasteiger partial charge on any atom is 0.239 e. The molecule has 0 radical (unpaired) electrons. The Morgan fingerprint density at radius 2 is 1.90 bits per heavy atom. The van der Waals surface area contributed by atoms with Crippen LogP contribution in [0.15, 0.2) is 24.3 Å². The number of hydrogen-bond donors (Lipinski definition) is 1. The van der Waals surface area contributed by atoms with E-state index in [1.807, 2.05) is 31.2 Å². The highest BCUT2D eigenvalue weighted by atomic mass is 16.2. The molecule has 2 fully saturated rings. The summed E-state index contributed by atoms with van der Waals surface area (Å²) in [5.41, 5.74) is 7.87. The molecule has 1 aromatic carbocycles. The lowest BCUT2D eigenvalue weighted by atomic mass is 10.1. The van der Waals surface area contributed by atoms with Crippen molar-refractivity contribution < 1.29 is 9.59 Å². The van der Waals surface area contributed by atoms with Crippen LogP contribution in [0.25, 0.3) is 0 Å². The third kappa shape index (κ3) is 2.65. The van der Waals surface area contributed by atoms with E-state index in [1.165, 1.54) is 0 Å². The van der Waals surface area contributed by atoms with Gasteiger partial charge in [0.15, 0.2) is 0 Å². The molecule has 2 saturated heterocycles. The number of carbonyl (C=O) groups is 2. The molecule has 0 bridgehead atoms. The van der Waals surface area contributed by atoms with E-state index in [9.17, 15) is 9.59 Å². The highest BCUT2D eigenvalue weighted by Crippen LogP contribution is 2.27. The average molecular weight is 287 g/mol. The van der Waals surface area contributed by atoms with E-state index in [0.717, 1.165) is 17.7 Å². The van der Waals surface area contributed by atoms with Crippen LogP contribution in [0.3, 0.4) is 0 Å². The molecule has 2 aliphatic heterocycles. The molecule has 0 saturated carbocycles. The van der Waals surface area contributed by atoms with Crippen molar-refractivity contribution in [1.29, 1.82) is 0 Å². The molecule has 0 aliphatic carbocycles. The van der Waals surface area contributed by atoms with E-state index in [-0.39, 0.29) is 17.9 Å². The summed E-state index contributed by atoms with van der Waals surface area (Å²) < 4.78 is 0. The minimum atomic E-state index is -0.531. The maximum absolute atomic E-state index is 12.5. The highest BCUT2D eigenvalue weighted by molar-refractivity contribution is 6.09. The second-order valence-electron chi connectivity index (χ2n) is 6.00. The molecule has 2 atom stereocenters. The van der Waals surface area contributed by atoms with Gasteiger partial charge in [-0.2, -0.15) is 0 Å².